The van der Waals surface area contributed by atoms with Crippen LogP contribution in [0.15, 0.2) is 11.6 Å². The standard InChI is InChI=1S/C10H19N/c1-8-6-9(2)11(7-8)10(3,4)5/h6,9H,7H2,1-5H3/t9-/m0/s1. The van der Waals surface area contributed by atoms with Gasteiger partial charge in [-0.05, 0) is 34.6 Å². The predicted molar refractivity (Wildman–Crippen MR) is 49.7 cm³/mol. The summed E-state index contributed by atoms with van der Waals surface area (Å²) >= 11 is 0. The van der Waals surface area contributed by atoms with Crippen LogP contribution in [-0.2, 0) is 0 Å². The fourth-order valence-corrected chi connectivity index (χ4v) is 1.82. The monoisotopic (exact) mass is 153 g/mol. The van der Waals surface area contributed by atoms with E-state index >= 15 is 0 Å². The number of hydrogen-bond acceptors (Lipinski definition) is 1. The molecule has 1 heteroatoms. The van der Waals surface area contributed by atoms with E-state index in [1.165, 1.54) is 5.57 Å². The van der Waals surface area contributed by atoms with Gasteiger partial charge in [-0.2, -0.15) is 0 Å². The lowest BCUT2D eigenvalue weighted by atomic mass is 10.1. The van der Waals surface area contributed by atoms with Gasteiger partial charge in [0.2, 0.25) is 0 Å². The molecule has 1 heterocycles. The molecule has 1 aliphatic heterocycles. The molecule has 0 bridgehead atoms. The van der Waals surface area contributed by atoms with Crippen molar-refractivity contribution < 1.29 is 0 Å². The maximum absolute atomic E-state index is 2.52. The molecule has 0 fully saturated rings. The van der Waals surface area contributed by atoms with Crippen molar-refractivity contribution in [2.45, 2.75) is 46.2 Å². The van der Waals surface area contributed by atoms with Gasteiger partial charge in [0.1, 0.15) is 0 Å². The first-order chi connectivity index (χ1) is 4.91. The van der Waals surface area contributed by atoms with Crippen LogP contribution in [0.4, 0.5) is 0 Å². The SMILES string of the molecule is CC1=C[C@H](C)N(C(C)(C)C)C1. The minimum atomic E-state index is 0.313. The van der Waals surface area contributed by atoms with Crippen molar-refractivity contribution in [1.82, 2.24) is 4.90 Å². The molecule has 0 saturated heterocycles. The van der Waals surface area contributed by atoms with Gasteiger partial charge < -0.3 is 0 Å². The van der Waals surface area contributed by atoms with E-state index in [1.807, 2.05) is 0 Å². The van der Waals surface area contributed by atoms with Gasteiger partial charge in [0, 0.05) is 18.1 Å². The van der Waals surface area contributed by atoms with Crippen molar-refractivity contribution in [2.75, 3.05) is 6.54 Å². The average Bonchev–Trinajstić information content (AvgIpc) is 2.08. The highest BCUT2D eigenvalue weighted by molar-refractivity contribution is 5.14. The summed E-state index contributed by atoms with van der Waals surface area (Å²) in [5, 5.41) is 0. The van der Waals surface area contributed by atoms with E-state index in [-0.39, 0.29) is 0 Å². The Kier molecular flexibility index (Phi) is 2.10. The van der Waals surface area contributed by atoms with E-state index in [0.29, 0.717) is 11.6 Å². The maximum atomic E-state index is 2.52. The maximum Gasteiger partial charge on any atom is 0.0261 e. The zero-order chi connectivity index (χ0) is 8.65. The number of hydrogen-bond donors (Lipinski definition) is 0. The Labute approximate surface area is 70.1 Å². The minimum absolute atomic E-state index is 0.313. The van der Waals surface area contributed by atoms with Gasteiger partial charge in [-0.3, -0.25) is 4.90 Å². The van der Waals surface area contributed by atoms with Gasteiger partial charge in [-0.15, -0.1) is 0 Å². The second-order valence-electron chi connectivity index (χ2n) is 4.55. The summed E-state index contributed by atoms with van der Waals surface area (Å²) in [7, 11) is 0. The average molecular weight is 153 g/mol. The first-order valence-corrected chi connectivity index (χ1v) is 4.35. The van der Waals surface area contributed by atoms with Gasteiger partial charge in [0.15, 0.2) is 0 Å². The van der Waals surface area contributed by atoms with Crippen LogP contribution < -0.4 is 0 Å². The lowest BCUT2D eigenvalue weighted by molar-refractivity contribution is 0.139. The van der Waals surface area contributed by atoms with Crippen molar-refractivity contribution in [1.29, 1.82) is 0 Å². The summed E-state index contributed by atoms with van der Waals surface area (Å²) in [5.41, 5.74) is 1.82. The van der Waals surface area contributed by atoms with E-state index in [9.17, 15) is 0 Å². The summed E-state index contributed by atoms with van der Waals surface area (Å²) in [5.74, 6) is 0. The Morgan fingerprint density at radius 3 is 2.18 bits per heavy atom. The van der Waals surface area contributed by atoms with E-state index < -0.39 is 0 Å². The highest BCUT2D eigenvalue weighted by atomic mass is 15.2. The number of nitrogens with zero attached hydrogens (tertiary/aromatic N) is 1. The highest BCUT2D eigenvalue weighted by Crippen LogP contribution is 2.24. The van der Waals surface area contributed by atoms with E-state index in [2.05, 4.69) is 45.6 Å². The van der Waals surface area contributed by atoms with Gasteiger partial charge in [-0.1, -0.05) is 11.6 Å². The van der Waals surface area contributed by atoms with Gasteiger partial charge in [0.25, 0.3) is 0 Å². The molecular weight excluding hydrogens is 134 g/mol. The summed E-state index contributed by atoms with van der Waals surface area (Å²) in [6.07, 6.45) is 2.35. The predicted octanol–water partition coefficient (Wildman–Crippen LogP) is 2.44. The molecular formula is C10H19N. The molecule has 0 aliphatic carbocycles. The highest BCUT2D eigenvalue weighted by Gasteiger charge is 2.28. The van der Waals surface area contributed by atoms with Crippen LogP contribution in [0.3, 0.4) is 0 Å². The summed E-state index contributed by atoms with van der Waals surface area (Å²) < 4.78 is 0. The molecule has 11 heavy (non-hydrogen) atoms. The van der Waals surface area contributed by atoms with Crippen molar-refractivity contribution in [3.05, 3.63) is 11.6 Å². The Morgan fingerprint density at radius 2 is 2.00 bits per heavy atom. The molecule has 0 aromatic rings. The quantitative estimate of drug-likeness (QED) is 0.483. The first kappa shape index (κ1) is 8.79. The lowest BCUT2D eigenvalue weighted by Gasteiger charge is -2.35. The smallest absolute Gasteiger partial charge is 0.0261 e. The summed E-state index contributed by atoms with van der Waals surface area (Å²) in [6, 6.07) is 0.620. The second-order valence-corrected chi connectivity index (χ2v) is 4.55. The Morgan fingerprint density at radius 1 is 1.45 bits per heavy atom. The Bertz CT molecular complexity index is 174. The molecule has 0 aromatic carbocycles. The third-order valence-corrected chi connectivity index (χ3v) is 2.30. The third kappa shape index (κ3) is 1.84. The molecule has 64 valence electrons. The van der Waals surface area contributed by atoms with Crippen LogP contribution in [-0.4, -0.2) is 23.0 Å². The van der Waals surface area contributed by atoms with Gasteiger partial charge in [-0.25, -0.2) is 0 Å². The minimum Gasteiger partial charge on any atom is -0.288 e. The van der Waals surface area contributed by atoms with Gasteiger partial charge in [0.05, 0.1) is 0 Å². The Hall–Kier alpha value is -0.300. The largest absolute Gasteiger partial charge is 0.288 e. The molecule has 0 amide bonds. The Balaban J connectivity index is 2.67. The van der Waals surface area contributed by atoms with Crippen molar-refractivity contribution >= 4 is 0 Å². The van der Waals surface area contributed by atoms with Crippen molar-refractivity contribution in [2.24, 2.45) is 0 Å². The summed E-state index contributed by atoms with van der Waals surface area (Å²) in [6.45, 7) is 12.4. The normalized spacial score (nSPS) is 27.4. The second kappa shape index (κ2) is 2.63. The molecule has 1 nitrogen and oxygen atoms in total. The number of rotatable bonds is 0. The van der Waals surface area contributed by atoms with Crippen LogP contribution in [0.2, 0.25) is 0 Å². The zero-order valence-electron chi connectivity index (χ0n) is 8.31. The van der Waals surface area contributed by atoms with E-state index in [4.69, 9.17) is 0 Å². The van der Waals surface area contributed by atoms with Crippen LogP contribution in [0.5, 0.6) is 0 Å². The summed E-state index contributed by atoms with van der Waals surface area (Å²) in [4.78, 5) is 2.52. The first-order valence-electron chi connectivity index (χ1n) is 4.35. The molecule has 0 unspecified atom stereocenters. The van der Waals surface area contributed by atoms with E-state index in [0.717, 1.165) is 6.54 Å². The van der Waals surface area contributed by atoms with Crippen molar-refractivity contribution in [3.8, 4) is 0 Å². The molecule has 0 saturated carbocycles. The molecule has 0 N–H and O–H groups in total. The van der Waals surface area contributed by atoms with Gasteiger partial charge >= 0.3 is 0 Å². The van der Waals surface area contributed by atoms with Crippen LogP contribution in [0.25, 0.3) is 0 Å². The molecule has 0 spiro atoms. The van der Waals surface area contributed by atoms with Crippen LogP contribution >= 0.6 is 0 Å². The van der Waals surface area contributed by atoms with Crippen molar-refractivity contribution in [3.63, 3.8) is 0 Å². The molecule has 1 aliphatic rings. The topological polar surface area (TPSA) is 3.24 Å². The lowest BCUT2D eigenvalue weighted by Crippen LogP contribution is -2.43. The molecule has 1 rings (SSSR count). The van der Waals surface area contributed by atoms with E-state index in [1.54, 1.807) is 0 Å². The molecule has 0 aromatic heterocycles. The fraction of sp³-hybridized carbons (Fsp3) is 0.800. The fourth-order valence-electron chi connectivity index (χ4n) is 1.82. The molecule has 0 radical (unpaired) electrons. The third-order valence-electron chi connectivity index (χ3n) is 2.30. The van der Waals surface area contributed by atoms with Crippen LogP contribution in [0.1, 0.15) is 34.6 Å². The zero-order valence-corrected chi connectivity index (χ0v) is 8.31. The van der Waals surface area contributed by atoms with Crippen LogP contribution in [0, 0.1) is 0 Å². The molecule has 1 atom stereocenters.